The van der Waals surface area contributed by atoms with Crippen molar-refractivity contribution in [2.45, 2.75) is 18.1 Å². The zero-order valence-corrected chi connectivity index (χ0v) is 17.5. The molecule has 7 heteroatoms. The summed E-state index contributed by atoms with van der Waals surface area (Å²) in [6.07, 6.45) is 0. The number of hydrogen-bond donors (Lipinski definition) is 2. The van der Waals surface area contributed by atoms with Gasteiger partial charge in [0.05, 0.1) is 16.7 Å². The molecule has 0 radical (unpaired) electrons. The van der Waals surface area contributed by atoms with Crippen LogP contribution in [0.4, 0.5) is 0 Å². The Kier molecular flexibility index (Phi) is 6.07. The largest absolute Gasteiger partial charge is 0.349 e. The Morgan fingerprint density at radius 2 is 1.83 bits per heavy atom. The molecule has 0 bridgehead atoms. The molecule has 1 atom stereocenters. The SMILES string of the molecule is C[C@H](NC(=O)CSc1n[nH]c(-c2cccs2)n1)c1ccc(-c2ccccc2)cc1. The predicted octanol–water partition coefficient (Wildman–Crippen LogP) is 5.17. The summed E-state index contributed by atoms with van der Waals surface area (Å²) in [5.41, 5.74) is 3.41. The molecule has 0 spiro atoms. The number of hydrogen-bond acceptors (Lipinski definition) is 5. The molecular weight excluding hydrogens is 400 g/mol. The van der Waals surface area contributed by atoms with E-state index in [1.165, 1.54) is 17.3 Å². The maximum absolute atomic E-state index is 12.3. The van der Waals surface area contributed by atoms with Crippen LogP contribution in [0.3, 0.4) is 0 Å². The summed E-state index contributed by atoms with van der Waals surface area (Å²) in [5, 5.41) is 12.7. The Morgan fingerprint density at radius 1 is 1.07 bits per heavy atom. The molecule has 1 amide bonds. The van der Waals surface area contributed by atoms with Crippen molar-refractivity contribution >= 4 is 29.0 Å². The summed E-state index contributed by atoms with van der Waals surface area (Å²) in [6, 6.07) is 22.4. The van der Waals surface area contributed by atoms with Crippen LogP contribution in [-0.2, 0) is 4.79 Å². The van der Waals surface area contributed by atoms with Gasteiger partial charge in [-0.2, -0.15) is 0 Å². The molecule has 2 heterocycles. The molecule has 4 aromatic rings. The molecule has 5 nitrogen and oxygen atoms in total. The molecular formula is C22H20N4OS2. The quantitative estimate of drug-likeness (QED) is 0.405. The number of amides is 1. The van der Waals surface area contributed by atoms with Crippen molar-refractivity contribution in [2.24, 2.45) is 0 Å². The van der Waals surface area contributed by atoms with Gasteiger partial charge in [0.15, 0.2) is 5.82 Å². The fourth-order valence-electron chi connectivity index (χ4n) is 2.93. The van der Waals surface area contributed by atoms with Crippen molar-refractivity contribution in [1.82, 2.24) is 20.5 Å². The molecule has 4 rings (SSSR count). The van der Waals surface area contributed by atoms with Crippen LogP contribution in [0.1, 0.15) is 18.5 Å². The molecule has 2 aromatic heterocycles. The van der Waals surface area contributed by atoms with Crippen molar-refractivity contribution in [2.75, 3.05) is 5.75 Å². The van der Waals surface area contributed by atoms with Crippen LogP contribution in [0.5, 0.6) is 0 Å². The van der Waals surface area contributed by atoms with Crippen molar-refractivity contribution in [3.63, 3.8) is 0 Å². The smallest absolute Gasteiger partial charge is 0.230 e. The first-order chi connectivity index (χ1) is 14.2. The van der Waals surface area contributed by atoms with E-state index in [-0.39, 0.29) is 17.7 Å². The second kappa shape index (κ2) is 9.07. The molecule has 0 aliphatic rings. The number of aromatic nitrogens is 3. The van der Waals surface area contributed by atoms with Gasteiger partial charge in [0.25, 0.3) is 0 Å². The Balaban J connectivity index is 1.30. The van der Waals surface area contributed by atoms with Crippen LogP contribution in [-0.4, -0.2) is 26.8 Å². The minimum Gasteiger partial charge on any atom is -0.349 e. The predicted molar refractivity (Wildman–Crippen MR) is 119 cm³/mol. The summed E-state index contributed by atoms with van der Waals surface area (Å²) in [4.78, 5) is 17.8. The zero-order valence-electron chi connectivity index (χ0n) is 15.8. The number of thiophene rings is 1. The van der Waals surface area contributed by atoms with Crippen molar-refractivity contribution < 1.29 is 4.79 Å². The minimum atomic E-state index is -0.0678. The number of carbonyl (C=O) groups is 1. The second-order valence-corrected chi connectivity index (χ2v) is 8.40. The van der Waals surface area contributed by atoms with E-state index < -0.39 is 0 Å². The minimum absolute atomic E-state index is 0.0443. The summed E-state index contributed by atoms with van der Waals surface area (Å²) < 4.78 is 0. The Hall–Kier alpha value is -2.90. The third-order valence-corrected chi connectivity index (χ3v) is 6.17. The highest BCUT2D eigenvalue weighted by molar-refractivity contribution is 7.99. The summed E-state index contributed by atoms with van der Waals surface area (Å²) in [6.45, 7) is 1.99. The second-order valence-electron chi connectivity index (χ2n) is 6.51. The Labute approximate surface area is 177 Å². The zero-order chi connectivity index (χ0) is 20.1. The third kappa shape index (κ3) is 4.93. The first-order valence-electron chi connectivity index (χ1n) is 9.23. The van der Waals surface area contributed by atoms with E-state index in [2.05, 4.69) is 56.9 Å². The topological polar surface area (TPSA) is 70.7 Å². The van der Waals surface area contributed by atoms with E-state index >= 15 is 0 Å². The van der Waals surface area contributed by atoms with Gasteiger partial charge in [-0.05, 0) is 35.1 Å². The molecule has 0 saturated heterocycles. The lowest BCUT2D eigenvalue weighted by atomic mass is 10.0. The van der Waals surface area contributed by atoms with Gasteiger partial charge in [-0.3, -0.25) is 9.89 Å². The van der Waals surface area contributed by atoms with Gasteiger partial charge in [0.1, 0.15) is 0 Å². The number of nitrogens with zero attached hydrogens (tertiary/aromatic N) is 2. The Morgan fingerprint density at radius 3 is 2.55 bits per heavy atom. The molecule has 0 saturated carbocycles. The molecule has 0 aliphatic carbocycles. The summed E-state index contributed by atoms with van der Waals surface area (Å²) in [5.74, 6) is 0.959. The average molecular weight is 421 g/mol. The van der Waals surface area contributed by atoms with E-state index in [4.69, 9.17) is 0 Å². The van der Waals surface area contributed by atoms with E-state index in [0.29, 0.717) is 5.16 Å². The van der Waals surface area contributed by atoms with E-state index in [1.807, 2.05) is 42.6 Å². The fourth-order valence-corrected chi connectivity index (χ4v) is 4.20. The number of thioether (sulfide) groups is 1. The van der Waals surface area contributed by atoms with Crippen LogP contribution < -0.4 is 5.32 Å². The third-order valence-electron chi connectivity index (χ3n) is 4.45. The Bertz CT molecular complexity index is 1060. The highest BCUT2D eigenvalue weighted by Crippen LogP contribution is 2.24. The molecule has 0 aliphatic heterocycles. The van der Waals surface area contributed by atoms with Gasteiger partial charge in [-0.25, -0.2) is 4.98 Å². The van der Waals surface area contributed by atoms with Crippen LogP contribution in [0.25, 0.3) is 21.8 Å². The summed E-state index contributed by atoms with van der Waals surface area (Å²) in [7, 11) is 0. The standard InChI is InChI=1S/C22H20N4OS2/c1-15(16-9-11-18(12-10-16)17-6-3-2-4-7-17)23-20(27)14-29-22-24-21(25-26-22)19-8-5-13-28-19/h2-13,15H,14H2,1H3,(H,23,27)(H,24,25,26)/t15-/m0/s1. The lowest BCUT2D eigenvalue weighted by Gasteiger charge is -2.14. The van der Waals surface area contributed by atoms with E-state index in [9.17, 15) is 4.79 Å². The van der Waals surface area contributed by atoms with Gasteiger partial charge in [0.2, 0.25) is 11.1 Å². The van der Waals surface area contributed by atoms with Crippen LogP contribution in [0, 0.1) is 0 Å². The number of H-pyrrole nitrogens is 1. The number of rotatable bonds is 7. The fraction of sp³-hybridized carbons (Fsp3) is 0.136. The normalized spacial score (nSPS) is 11.9. The van der Waals surface area contributed by atoms with Crippen molar-refractivity contribution in [1.29, 1.82) is 0 Å². The number of carbonyl (C=O) groups excluding carboxylic acids is 1. The molecule has 2 N–H and O–H groups in total. The first kappa shape index (κ1) is 19.4. The van der Waals surface area contributed by atoms with Crippen LogP contribution >= 0.6 is 23.1 Å². The lowest BCUT2D eigenvalue weighted by molar-refractivity contribution is -0.119. The van der Waals surface area contributed by atoms with Gasteiger partial charge in [0, 0.05) is 0 Å². The maximum atomic E-state index is 12.3. The number of aromatic amines is 1. The highest BCUT2D eigenvalue weighted by Gasteiger charge is 2.13. The lowest BCUT2D eigenvalue weighted by Crippen LogP contribution is -2.28. The van der Waals surface area contributed by atoms with Crippen molar-refractivity contribution in [3.05, 3.63) is 77.7 Å². The first-order valence-corrected chi connectivity index (χ1v) is 11.1. The van der Waals surface area contributed by atoms with Crippen LogP contribution in [0.15, 0.2) is 77.3 Å². The monoisotopic (exact) mass is 420 g/mol. The van der Waals surface area contributed by atoms with Gasteiger partial charge in [-0.1, -0.05) is 72.4 Å². The summed E-state index contributed by atoms with van der Waals surface area (Å²) >= 11 is 2.92. The molecule has 29 heavy (non-hydrogen) atoms. The van der Waals surface area contributed by atoms with Crippen LogP contribution in [0.2, 0.25) is 0 Å². The number of nitrogens with one attached hydrogen (secondary N) is 2. The molecule has 0 fully saturated rings. The van der Waals surface area contributed by atoms with Gasteiger partial charge >= 0.3 is 0 Å². The molecule has 2 aromatic carbocycles. The number of benzene rings is 2. The van der Waals surface area contributed by atoms with Gasteiger partial charge in [-0.15, -0.1) is 16.4 Å². The maximum Gasteiger partial charge on any atom is 0.230 e. The van der Waals surface area contributed by atoms with Gasteiger partial charge < -0.3 is 5.32 Å². The van der Waals surface area contributed by atoms with E-state index in [0.717, 1.165) is 21.8 Å². The highest BCUT2D eigenvalue weighted by atomic mass is 32.2. The molecule has 0 unspecified atom stereocenters. The van der Waals surface area contributed by atoms with Crippen molar-refractivity contribution in [3.8, 4) is 21.8 Å². The average Bonchev–Trinajstić information content (AvgIpc) is 3.45. The molecule has 146 valence electrons. The van der Waals surface area contributed by atoms with E-state index in [1.54, 1.807) is 11.3 Å².